The van der Waals surface area contributed by atoms with Gasteiger partial charge in [0.05, 0.1) is 0 Å². The van der Waals surface area contributed by atoms with Gasteiger partial charge in [0, 0.05) is 55.3 Å². The summed E-state index contributed by atoms with van der Waals surface area (Å²) >= 11 is 6.08. The highest BCUT2D eigenvalue weighted by Gasteiger charge is 2.32. The smallest absolute Gasteiger partial charge is 0.225 e. The van der Waals surface area contributed by atoms with Gasteiger partial charge in [0.15, 0.2) is 0 Å². The third-order valence-electron chi connectivity index (χ3n) is 4.95. The quantitative estimate of drug-likeness (QED) is 0.919. The molecular weight excluding hydrogens is 317 g/mol. The minimum absolute atomic E-state index is 0.0950. The van der Waals surface area contributed by atoms with Crippen molar-refractivity contribution >= 4 is 17.5 Å². The van der Waals surface area contributed by atoms with Gasteiger partial charge in [-0.15, -0.1) is 0 Å². The molecule has 126 valence electrons. The van der Waals surface area contributed by atoms with E-state index in [2.05, 4.69) is 4.90 Å². The third-order valence-corrected chi connectivity index (χ3v) is 5.30. The Labute approximate surface area is 141 Å². The normalized spacial score (nSPS) is 25.8. The van der Waals surface area contributed by atoms with Crippen molar-refractivity contribution in [2.24, 2.45) is 11.7 Å². The van der Waals surface area contributed by atoms with Crippen molar-refractivity contribution < 1.29 is 9.18 Å². The van der Waals surface area contributed by atoms with Crippen molar-refractivity contribution in [3.05, 3.63) is 34.6 Å². The Morgan fingerprint density at radius 3 is 2.61 bits per heavy atom. The van der Waals surface area contributed by atoms with Crippen LogP contribution in [0.5, 0.6) is 0 Å². The lowest BCUT2D eigenvalue weighted by atomic mass is 10.1. The highest BCUT2D eigenvalue weighted by molar-refractivity contribution is 6.31. The maximum Gasteiger partial charge on any atom is 0.225 e. The van der Waals surface area contributed by atoms with Crippen molar-refractivity contribution in [3.8, 4) is 0 Å². The van der Waals surface area contributed by atoms with Crippen molar-refractivity contribution in [2.45, 2.75) is 31.8 Å². The van der Waals surface area contributed by atoms with Crippen LogP contribution in [0.3, 0.4) is 0 Å². The summed E-state index contributed by atoms with van der Waals surface area (Å²) < 4.78 is 13.9. The van der Waals surface area contributed by atoms with E-state index in [0.29, 0.717) is 30.2 Å². The lowest BCUT2D eigenvalue weighted by Gasteiger charge is -2.36. The molecule has 1 saturated heterocycles. The number of hydrogen-bond acceptors (Lipinski definition) is 3. The molecule has 1 amide bonds. The van der Waals surface area contributed by atoms with E-state index in [1.807, 2.05) is 4.90 Å². The molecular formula is C17H23ClFN3O. The second-order valence-electron chi connectivity index (χ2n) is 6.57. The van der Waals surface area contributed by atoms with Gasteiger partial charge >= 0.3 is 0 Å². The third kappa shape index (κ3) is 3.84. The number of hydrogen-bond donors (Lipinski definition) is 1. The number of benzene rings is 1. The first kappa shape index (κ1) is 16.7. The Morgan fingerprint density at radius 2 is 2.00 bits per heavy atom. The Bertz CT molecular complexity index is 555. The number of carbonyl (C=O) groups is 1. The van der Waals surface area contributed by atoms with E-state index in [-0.39, 0.29) is 23.7 Å². The first-order valence-electron chi connectivity index (χ1n) is 8.24. The average molecular weight is 340 g/mol. The van der Waals surface area contributed by atoms with E-state index >= 15 is 0 Å². The molecule has 1 aliphatic heterocycles. The van der Waals surface area contributed by atoms with E-state index in [4.69, 9.17) is 17.3 Å². The van der Waals surface area contributed by atoms with Crippen molar-refractivity contribution in [1.29, 1.82) is 0 Å². The fourth-order valence-corrected chi connectivity index (χ4v) is 3.76. The molecule has 1 heterocycles. The minimum Gasteiger partial charge on any atom is -0.340 e. The molecule has 6 heteroatoms. The van der Waals surface area contributed by atoms with Crippen molar-refractivity contribution in [1.82, 2.24) is 9.80 Å². The molecule has 1 aromatic carbocycles. The summed E-state index contributed by atoms with van der Waals surface area (Å²) in [5, 5.41) is 0.462. The summed E-state index contributed by atoms with van der Waals surface area (Å²) in [7, 11) is 0. The molecule has 0 aromatic heterocycles. The highest BCUT2D eigenvalue weighted by atomic mass is 35.5. The molecule has 2 atom stereocenters. The molecule has 2 fully saturated rings. The summed E-state index contributed by atoms with van der Waals surface area (Å²) in [4.78, 5) is 16.6. The van der Waals surface area contributed by atoms with Crippen LogP contribution in [0.4, 0.5) is 4.39 Å². The maximum atomic E-state index is 13.9. The van der Waals surface area contributed by atoms with E-state index in [1.54, 1.807) is 12.1 Å². The Balaban J connectivity index is 1.53. The first-order chi connectivity index (χ1) is 11.0. The molecule has 2 aliphatic rings. The van der Waals surface area contributed by atoms with Crippen LogP contribution in [0.15, 0.2) is 18.2 Å². The monoisotopic (exact) mass is 339 g/mol. The molecule has 23 heavy (non-hydrogen) atoms. The number of carbonyl (C=O) groups excluding carboxylic acids is 1. The van der Waals surface area contributed by atoms with Gasteiger partial charge in [-0.25, -0.2) is 4.39 Å². The predicted octanol–water partition coefficient (Wildman–Crippen LogP) is 2.25. The Morgan fingerprint density at radius 1 is 1.26 bits per heavy atom. The highest BCUT2D eigenvalue weighted by Crippen LogP contribution is 2.27. The fraction of sp³-hybridized carbons (Fsp3) is 0.588. The lowest BCUT2D eigenvalue weighted by molar-refractivity contribution is -0.137. The summed E-state index contributed by atoms with van der Waals surface area (Å²) in [5.74, 6) is 0.0648. The van der Waals surface area contributed by atoms with Gasteiger partial charge in [0.2, 0.25) is 5.91 Å². The van der Waals surface area contributed by atoms with Crippen LogP contribution in [0.25, 0.3) is 0 Å². The zero-order chi connectivity index (χ0) is 16.4. The minimum atomic E-state index is -0.268. The molecule has 3 rings (SSSR count). The van der Waals surface area contributed by atoms with Gasteiger partial charge < -0.3 is 10.6 Å². The van der Waals surface area contributed by atoms with Gasteiger partial charge in [-0.3, -0.25) is 9.69 Å². The molecule has 0 bridgehead atoms. The topological polar surface area (TPSA) is 49.6 Å². The molecule has 1 aromatic rings. The van der Waals surface area contributed by atoms with Crippen LogP contribution >= 0.6 is 11.6 Å². The van der Waals surface area contributed by atoms with Crippen LogP contribution in [0, 0.1) is 11.7 Å². The van der Waals surface area contributed by atoms with E-state index in [1.165, 1.54) is 6.07 Å². The molecule has 0 unspecified atom stereocenters. The fourth-order valence-electron chi connectivity index (χ4n) is 3.53. The molecule has 4 nitrogen and oxygen atoms in total. The van der Waals surface area contributed by atoms with Gasteiger partial charge in [-0.1, -0.05) is 17.7 Å². The van der Waals surface area contributed by atoms with Gasteiger partial charge in [0.1, 0.15) is 5.82 Å². The Kier molecular flexibility index (Phi) is 5.19. The van der Waals surface area contributed by atoms with Crippen molar-refractivity contribution in [3.63, 3.8) is 0 Å². The summed E-state index contributed by atoms with van der Waals surface area (Å²) in [6.07, 6.45) is 2.66. The standard InChI is InChI=1S/C17H23ClFN3O/c18-15-2-1-3-16(19)14(15)11-21-6-8-22(9-7-21)17(23)12-4-5-13(20)10-12/h1-3,12-13H,4-11,20H2/t12-,13+/m1/s1. The molecule has 1 saturated carbocycles. The predicted molar refractivity (Wildman–Crippen MR) is 88.6 cm³/mol. The number of amides is 1. The largest absolute Gasteiger partial charge is 0.340 e. The van der Waals surface area contributed by atoms with Crippen LogP contribution in [-0.4, -0.2) is 47.9 Å². The average Bonchev–Trinajstić information content (AvgIpc) is 2.97. The molecule has 0 radical (unpaired) electrons. The van der Waals surface area contributed by atoms with E-state index < -0.39 is 0 Å². The summed E-state index contributed by atoms with van der Waals surface area (Å²) in [5.41, 5.74) is 6.44. The van der Waals surface area contributed by atoms with Gasteiger partial charge in [0.25, 0.3) is 0 Å². The second kappa shape index (κ2) is 7.16. The van der Waals surface area contributed by atoms with Crippen LogP contribution in [0.2, 0.25) is 5.02 Å². The Hall–Kier alpha value is -1.17. The summed E-state index contributed by atoms with van der Waals surface area (Å²) in [6, 6.07) is 4.94. The molecule has 2 N–H and O–H groups in total. The number of nitrogens with two attached hydrogens (primary N) is 1. The van der Waals surface area contributed by atoms with Gasteiger partial charge in [-0.05, 0) is 31.4 Å². The summed E-state index contributed by atoms with van der Waals surface area (Å²) in [6.45, 7) is 3.36. The first-order valence-corrected chi connectivity index (χ1v) is 8.62. The zero-order valence-corrected chi connectivity index (χ0v) is 13.9. The SMILES string of the molecule is N[C@H]1CC[C@@H](C(=O)N2CCN(Cc3c(F)cccc3Cl)CC2)C1. The van der Waals surface area contributed by atoms with E-state index in [9.17, 15) is 9.18 Å². The van der Waals surface area contributed by atoms with E-state index in [0.717, 1.165) is 32.4 Å². The van der Waals surface area contributed by atoms with Crippen molar-refractivity contribution in [2.75, 3.05) is 26.2 Å². The maximum absolute atomic E-state index is 13.9. The number of nitrogens with zero attached hydrogens (tertiary/aromatic N) is 2. The molecule has 1 aliphatic carbocycles. The lowest BCUT2D eigenvalue weighted by Crippen LogP contribution is -2.49. The molecule has 0 spiro atoms. The van der Waals surface area contributed by atoms with Crippen LogP contribution in [-0.2, 0) is 11.3 Å². The zero-order valence-electron chi connectivity index (χ0n) is 13.2. The van der Waals surface area contributed by atoms with Crippen LogP contribution < -0.4 is 5.73 Å². The second-order valence-corrected chi connectivity index (χ2v) is 6.98. The van der Waals surface area contributed by atoms with Gasteiger partial charge in [-0.2, -0.15) is 0 Å². The van der Waals surface area contributed by atoms with Crippen LogP contribution in [0.1, 0.15) is 24.8 Å². The number of rotatable bonds is 3. The number of halogens is 2. The number of piperazine rings is 1.